The van der Waals surface area contributed by atoms with Gasteiger partial charge in [-0.2, -0.15) is 0 Å². The van der Waals surface area contributed by atoms with E-state index in [4.69, 9.17) is 0 Å². The van der Waals surface area contributed by atoms with Crippen molar-refractivity contribution in [3.05, 3.63) is 50.9 Å². The molecule has 1 heterocycles. The van der Waals surface area contributed by atoms with Crippen molar-refractivity contribution in [3.8, 4) is 0 Å². The summed E-state index contributed by atoms with van der Waals surface area (Å²) in [5.41, 5.74) is 3.28. The molecule has 0 saturated carbocycles. The van der Waals surface area contributed by atoms with E-state index in [1.807, 2.05) is 24.3 Å². The maximum Gasteiger partial charge on any atom is 0.188 e. The monoisotopic (exact) mass is 396 g/mol. The van der Waals surface area contributed by atoms with Crippen LogP contribution in [0, 0.1) is 6.92 Å². The zero-order chi connectivity index (χ0) is 13.4. The highest BCUT2D eigenvalue weighted by Gasteiger charge is 2.07. The fraction of sp³-hybridized carbons (Fsp3) is 0.0714. The normalized spacial score (nSPS) is 10.9. The lowest BCUT2D eigenvalue weighted by Gasteiger charge is -2.07. The van der Waals surface area contributed by atoms with Gasteiger partial charge in [0.25, 0.3) is 0 Å². The molecule has 0 atom stereocenters. The van der Waals surface area contributed by atoms with Crippen LogP contribution in [-0.2, 0) is 0 Å². The highest BCUT2D eigenvalue weighted by atomic mass is 79.9. The quantitative estimate of drug-likeness (QED) is 0.584. The summed E-state index contributed by atoms with van der Waals surface area (Å²) in [7, 11) is 0. The van der Waals surface area contributed by atoms with Gasteiger partial charge in [-0.05, 0) is 42.8 Å². The second kappa shape index (κ2) is 5.23. The number of aromatic nitrogens is 1. The first-order chi connectivity index (χ1) is 9.13. The zero-order valence-electron chi connectivity index (χ0n) is 10.1. The average molecular weight is 398 g/mol. The number of hydrogen-bond acceptors (Lipinski definition) is 3. The second-order valence-electron chi connectivity index (χ2n) is 4.17. The van der Waals surface area contributed by atoms with Crippen LogP contribution in [-0.4, -0.2) is 4.98 Å². The van der Waals surface area contributed by atoms with Gasteiger partial charge in [-0.15, -0.1) is 0 Å². The number of nitrogens with one attached hydrogen (secondary N) is 1. The van der Waals surface area contributed by atoms with Gasteiger partial charge in [-0.3, -0.25) is 0 Å². The van der Waals surface area contributed by atoms with E-state index in [0.717, 1.165) is 25.3 Å². The van der Waals surface area contributed by atoms with E-state index in [0.29, 0.717) is 0 Å². The number of fused-ring (bicyclic) bond motifs is 1. The highest BCUT2D eigenvalue weighted by molar-refractivity contribution is 9.10. The molecule has 0 amide bonds. The molecule has 1 N–H and O–H groups in total. The molecular weight excluding hydrogens is 388 g/mol. The molecule has 0 bridgehead atoms. The molecule has 0 aliphatic rings. The topological polar surface area (TPSA) is 24.9 Å². The molecule has 0 aliphatic carbocycles. The van der Waals surface area contributed by atoms with E-state index in [2.05, 4.69) is 61.2 Å². The minimum atomic E-state index is 0.911. The Morgan fingerprint density at radius 1 is 1.16 bits per heavy atom. The minimum absolute atomic E-state index is 0.911. The van der Waals surface area contributed by atoms with Crippen molar-refractivity contribution in [2.45, 2.75) is 6.92 Å². The Balaban J connectivity index is 1.99. The summed E-state index contributed by atoms with van der Waals surface area (Å²) < 4.78 is 3.35. The van der Waals surface area contributed by atoms with Crippen LogP contribution in [0.25, 0.3) is 10.2 Å². The Morgan fingerprint density at radius 3 is 2.84 bits per heavy atom. The van der Waals surface area contributed by atoms with Gasteiger partial charge in [0.05, 0.1) is 10.2 Å². The van der Waals surface area contributed by atoms with Crippen molar-refractivity contribution in [1.82, 2.24) is 4.98 Å². The molecule has 0 aliphatic heterocycles. The van der Waals surface area contributed by atoms with Crippen LogP contribution >= 0.6 is 43.2 Å². The Labute approximate surface area is 132 Å². The van der Waals surface area contributed by atoms with Gasteiger partial charge >= 0.3 is 0 Å². The number of rotatable bonds is 2. The Hall–Kier alpha value is -0.910. The number of thiazole rings is 1. The van der Waals surface area contributed by atoms with Gasteiger partial charge in [-0.1, -0.05) is 49.3 Å². The van der Waals surface area contributed by atoms with Gasteiger partial charge in [-0.25, -0.2) is 4.98 Å². The van der Waals surface area contributed by atoms with Crippen molar-refractivity contribution in [2.24, 2.45) is 0 Å². The molecule has 2 nitrogen and oxygen atoms in total. The van der Waals surface area contributed by atoms with Crippen molar-refractivity contribution in [1.29, 1.82) is 0 Å². The molecule has 1 aromatic heterocycles. The molecule has 2 aromatic carbocycles. The summed E-state index contributed by atoms with van der Waals surface area (Å²) in [6.07, 6.45) is 0. The van der Waals surface area contributed by atoms with Crippen molar-refractivity contribution in [3.63, 3.8) is 0 Å². The Kier molecular flexibility index (Phi) is 3.60. The van der Waals surface area contributed by atoms with E-state index < -0.39 is 0 Å². The van der Waals surface area contributed by atoms with E-state index in [1.54, 1.807) is 11.3 Å². The second-order valence-corrected chi connectivity index (χ2v) is 6.97. The molecule has 3 rings (SSSR count). The van der Waals surface area contributed by atoms with E-state index >= 15 is 0 Å². The SMILES string of the molecule is Cc1c(Br)cccc1Nc1nc2ccc(Br)cc2s1. The van der Waals surface area contributed by atoms with Crippen LogP contribution in [0.3, 0.4) is 0 Å². The van der Waals surface area contributed by atoms with Gasteiger partial charge in [0.15, 0.2) is 5.13 Å². The fourth-order valence-corrected chi connectivity index (χ4v) is 3.61. The molecule has 5 heteroatoms. The van der Waals surface area contributed by atoms with Crippen LogP contribution < -0.4 is 5.32 Å². The number of nitrogens with zero attached hydrogens (tertiary/aromatic N) is 1. The molecule has 0 radical (unpaired) electrons. The molecule has 0 saturated heterocycles. The van der Waals surface area contributed by atoms with Crippen molar-refractivity contribution < 1.29 is 0 Å². The van der Waals surface area contributed by atoms with Crippen LogP contribution in [0.5, 0.6) is 0 Å². The van der Waals surface area contributed by atoms with Gasteiger partial charge < -0.3 is 5.32 Å². The van der Waals surface area contributed by atoms with Gasteiger partial charge in [0.2, 0.25) is 0 Å². The third-order valence-electron chi connectivity index (χ3n) is 2.86. The predicted molar refractivity (Wildman–Crippen MR) is 89.5 cm³/mol. The molecule has 0 fully saturated rings. The first kappa shape index (κ1) is 13.1. The average Bonchev–Trinajstić information content (AvgIpc) is 2.76. The molecule has 3 aromatic rings. The van der Waals surface area contributed by atoms with Gasteiger partial charge in [0, 0.05) is 14.6 Å². The number of halogens is 2. The number of anilines is 2. The minimum Gasteiger partial charge on any atom is -0.331 e. The standard InChI is InChI=1S/C14H10Br2N2S/c1-8-10(16)3-2-4-11(8)17-14-18-12-6-5-9(15)7-13(12)19-14/h2-7H,1H3,(H,17,18). The van der Waals surface area contributed by atoms with Crippen LogP contribution in [0.2, 0.25) is 0 Å². The lowest BCUT2D eigenvalue weighted by Crippen LogP contribution is -1.92. The summed E-state index contributed by atoms with van der Waals surface area (Å²) in [4.78, 5) is 4.59. The summed E-state index contributed by atoms with van der Waals surface area (Å²) in [5, 5.41) is 4.30. The molecule has 96 valence electrons. The third kappa shape index (κ3) is 2.68. The summed E-state index contributed by atoms with van der Waals surface area (Å²) in [6.45, 7) is 2.08. The summed E-state index contributed by atoms with van der Waals surface area (Å²) in [5.74, 6) is 0. The predicted octanol–water partition coefficient (Wildman–Crippen LogP) is 5.87. The largest absolute Gasteiger partial charge is 0.331 e. The molecule has 0 unspecified atom stereocenters. The smallest absolute Gasteiger partial charge is 0.188 e. The molecular formula is C14H10Br2N2S. The first-order valence-electron chi connectivity index (χ1n) is 5.72. The Morgan fingerprint density at radius 2 is 2.00 bits per heavy atom. The lowest BCUT2D eigenvalue weighted by atomic mass is 10.2. The van der Waals surface area contributed by atoms with E-state index in [-0.39, 0.29) is 0 Å². The maximum atomic E-state index is 4.59. The third-order valence-corrected chi connectivity index (χ3v) is 5.15. The van der Waals surface area contributed by atoms with Crippen molar-refractivity contribution in [2.75, 3.05) is 5.32 Å². The Bertz CT molecular complexity index is 752. The number of benzene rings is 2. The van der Waals surface area contributed by atoms with E-state index in [9.17, 15) is 0 Å². The van der Waals surface area contributed by atoms with Crippen LogP contribution in [0.15, 0.2) is 45.3 Å². The molecule has 19 heavy (non-hydrogen) atoms. The summed E-state index contributed by atoms with van der Waals surface area (Å²) in [6, 6.07) is 12.2. The lowest BCUT2D eigenvalue weighted by molar-refractivity contribution is 1.38. The number of hydrogen-bond donors (Lipinski definition) is 1. The zero-order valence-corrected chi connectivity index (χ0v) is 14.1. The van der Waals surface area contributed by atoms with Crippen LogP contribution in [0.1, 0.15) is 5.56 Å². The maximum absolute atomic E-state index is 4.59. The highest BCUT2D eigenvalue weighted by Crippen LogP contribution is 2.32. The fourth-order valence-electron chi connectivity index (χ4n) is 1.81. The van der Waals surface area contributed by atoms with Crippen molar-refractivity contribution >= 4 is 64.2 Å². The summed E-state index contributed by atoms with van der Waals surface area (Å²) >= 11 is 8.68. The first-order valence-corrected chi connectivity index (χ1v) is 8.12. The van der Waals surface area contributed by atoms with E-state index in [1.165, 1.54) is 10.3 Å². The molecule has 0 spiro atoms. The van der Waals surface area contributed by atoms with Gasteiger partial charge in [0.1, 0.15) is 0 Å². The van der Waals surface area contributed by atoms with Crippen LogP contribution in [0.4, 0.5) is 10.8 Å².